The molecule has 0 N–H and O–H groups in total. The van der Waals surface area contributed by atoms with E-state index in [2.05, 4.69) is 9.98 Å². The van der Waals surface area contributed by atoms with Crippen molar-refractivity contribution < 1.29 is 0 Å². The third-order valence-electron chi connectivity index (χ3n) is 1.34. The van der Waals surface area contributed by atoms with Crippen molar-refractivity contribution in [3.8, 4) is 0 Å². The highest BCUT2D eigenvalue weighted by Gasteiger charge is 2.10. The molecular weight excluding hydrogens is 144 g/mol. The third kappa shape index (κ3) is 0.926. The van der Waals surface area contributed by atoms with Gasteiger partial charge in [0.1, 0.15) is 0 Å². The molecule has 0 unspecified atom stereocenters. The zero-order valence-electron chi connectivity index (χ0n) is 5.32. The molecule has 0 radical (unpaired) electrons. The first-order valence-corrected chi connectivity index (χ1v) is 4.03. The predicted molar refractivity (Wildman–Crippen MR) is 45.6 cm³/mol. The van der Waals surface area contributed by atoms with E-state index in [4.69, 9.17) is 0 Å². The Hall–Kier alpha value is -0.830. The quantitative estimate of drug-likeness (QED) is 0.515. The van der Waals surface area contributed by atoms with Crippen molar-refractivity contribution in [1.82, 2.24) is 0 Å². The fourth-order valence-electron chi connectivity index (χ4n) is 0.866. The number of fused-ring (bicyclic) bond motifs is 1. The van der Waals surface area contributed by atoms with Crippen LogP contribution in [-0.2, 0) is 0 Å². The molecule has 10 heavy (non-hydrogen) atoms. The van der Waals surface area contributed by atoms with Crippen LogP contribution in [0.3, 0.4) is 0 Å². The molecule has 0 fully saturated rings. The van der Waals surface area contributed by atoms with E-state index in [1.54, 1.807) is 24.2 Å². The van der Waals surface area contributed by atoms with E-state index in [1.807, 2.05) is 12.2 Å². The van der Waals surface area contributed by atoms with Crippen molar-refractivity contribution in [2.75, 3.05) is 5.88 Å². The van der Waals surface area contributed by atoms with Gasteiger partial charge in [-0.2, -0.15) is 0 Å². The van der Waals surface area contributed by atoms with Gasteiger partial charge in [-0.05, 0) is 12.2 Å². The van der Waals surface area contributed by atoms with Crippen molar-refractivity contribution in [3.05, 3.63) is 23.3 Å². The Bertz CT molecular complexity index is 261. The summed E-state index contributed by atoms with van der Waals surface area (Å²) in [7, 11) is 0. The van der Waals surface area contributed by atoms with E-state index in [9.17, 15) is 0 Å². The molecular formula is C7H6N2S. The lowest BCUT2D eigenvalue weighted by Crippen LogP contribution is -1.87. The summed E-state index contributed by atoms with van der Waals surface area (Å²) in [5, 5.41) is 0. The van der Waals surface area contributed by atoms with E-state index in [0.717, 1.165) is 11.6 Å². The van der Waals surface area contributed by atoms with E-state index in [0.29, 0.717) is 0 Å². The Morgan fingerprint density at radius 3 is 3.50 bits per heavy atom. The van der Waals surface area contributed by atoms with Gasteiger partial charge in [-0.1, -0.05) is 0 Å². The number of hydrogen-bond acceptors (Lipinski definition) is 3. The lowest BCUT2D eigenvalue weighted by atomic mass is 10.3. The molecule has 0 saturated carbocycles. The number of thioether (sulfide) groups is 1. The Morgan fingerprint density at radius 1 is 1.50 bits per heavy atom. The van der Waals surface area contributed by atoms with Crippen LogP contribution in [-0.4, -0.2) is 17.8 Å². The fourth-order valence-corrected chi connectivity index (χ4v) is 1.65. The summed E-state index contributed by atoms with van der Waals surface area (Å²) in [6.07, 6.45) is 7.51. The predicted octanol–water partition coefficient (Wildman–Crippen LogP) is 1.61. The van der Waals surface area contributed by atoms with Crippen LogP contribution in [0.1, 0.15) is 0 Å². The molecule has 2 rings (SSSR count). The Labute approximate surface area is 63.5 Å². The minimum Gasteiger partial charge on any atom is -0.273 e. The normalized spacial score (nSPS) is 21.6. The molecule has 0 aromatic rings. The van der Waals surface area contributed by atoms with Gasteiger partial charge in [0, 0.05) is 17.3 Å². The van der Waals surface area contributed by atoms with E-state index in [-0.39, 0.29) is 0 Å². The van der Waals surface area contributed by atoms with Gasteiger partial charge in [0.25, 0.3) is 0 Å². The van der Waals surface area contributed by atoms with Crippen LogP contribution in [0.15, 0.2) is 33.2 Å². The second kappa shape index (κ2) is 2.42. The average Bonchev–Trinajstić information content (AvgIpc) is 2.28. The van der Waals surface area contributed by atoms with Gasteiger partial charge < -0.3 is 0 Å². The van der Waals surface area contributed by atoms with Gasteiger partial charge in [-0.25, -0.2) is 0 Å². The average molecular weight is 150 g/mol. The zero-order valence-corrected chi connectivity index (χ0v) is 6.14. The monoisotopic (exact) mass is 150 g/mol. The van der Waals surface area contributed by atoms with Crippen LogP contribution in [0.4, 0.5) is 0 Å². The lowest BCUT2D eigenvalue weighted by Gasteiger charge is -1.89. The number of nitrogens with zero attached hydrogens (tertiary/aromatic N) is 2. The van der Waals surface area contributed by atoms with Crippen LogP contribution in [0.25, 0.3) is 0 Å². The number of aliphatic imine (C=N–C) groups is 2. The first-order valence-electron chi connectivity index (χ1n) is 3.04. The van der Waals surface area contributed by atoms with Crippen molar-refractivity contribution in [1.29, 1.82) is 0 Å². The number of hydrogen-bond donors (Lipinski definition) is 0. The molecule has 0 saturated heterocycles. The molecule has 0 amide bonds. The van der Waals surface area contributed by atoms with Crippen molar-refractivity contribution >= 4 is 23.7 Å². The largest absolute Gasteiger partial charge is 0.273 e. The van der Waals surface area contributed by atoms with Gasteiger partial charge >= 0.3 is 0 Å². The van der Waals surface area contributed by atoms with E-state index in [1.165, 1.54) is 4.91 Å². The molecule has 2 nitrogen and oxygen atoms in total. The highest BCUT2D eigenvalue weighted by atomic mass is 32.2. The highest BCUT2D eigenvalue weighted by Crippen LogP contribution is 2.25. The maximum atomic E-state index is 4.26. The van der Waals surface area contributed by atoms with Crippen LogP contribution in [0.5, 0.6) is 0 Å². The first kappa shape index (κ1) is 5.92. The summed E-state index contributed by atoms with van der Waals surface area (Å²) in [6.45, 7) is 0. The summed E-state index contributed by atoms with van der Waals surface area (Å²) in [4.78, 5) is 9.47. The third-order valence-corrected chi connectivity index (χ3v) is 2.25. The van der Waals surface area contributed by atoms with Crippen LogP contribution in [0.2, 0.25) is 0 Å². The SMILES string of the molecule is C1=CC2=NCSC2=CC=N1. The van der Waals surface area contributed by atoms with Crippen molar-refractivity contribution in [3.63, 3.8) is 0 Å². The van der Waals surface area contributed by atoms with Crippen LogP contribution in [0, 0.1) is 0 Å². The van der Waals surface area contributed by atoms with E-state index >= 15 is 0 Å². The molecule has 0 atom stereocenters. The Kier molecular flexibility index (Phi) is 1.43. The first-order chi connectivity index (χ1) is 4.97. The molecule has 0 bridgehead atoms. The molecule has 0 aromatic heterocycles. The Morgan fingerprint density at radius 2 is 2.50 bits per heavy atom. The van der Waals surface area contributed by atoms with Gasteiger partial charge in [0.2, 0.25) is 0 Å². The molecule has 0 aromatic carbocycles. The molecule has 2 aliphatic heterocycles. The summed E-state index contributed by atoms with van der Waals surface area (Å²) in [5.41, 5.74) is 1.07. The minimum atomic E-state index is 0.860. The molecule has 3 heteroatoms. The van der Waals surface area contributed by atoms with Crippen molar-refractivity contribution in [2.24, 2.45) is 9.98 Å². The van der Waals surface area contributed by atoms with Crippen molar-refractivity contribution in [2.45, 2.75) is 0 Å². The molecule has 2 aliphatic rings. The highest BCUT2D eigenvalue weighted by molar-refractivity contribution is 8.04. The van der Waals surface area contributed by atoms with Gasteiger partial charge in [0.05, 0.1) is 11.6 Å². The van der Waals surface area contributed by atoms with Gasteiger partial charge in [0.15, 0.2) is 0 Å². The molecule has 50 valence electrons. The van der Waals surface area contributed by atoms with E-state index < -0.39 is 0 Å². The molecule has 0 spiro atoms. The Balaban J connectivity index is 2.42. The minimum absolute atomic E-state index is 0.860. The summed E-state index contributed by atoms with van der Waals surface area (Å²) in [5.74, 6) is 0.860. The second-order valence-electron chi connectivity index (χ2n) is 1.96. The summed E-state index contributed by atoms with van der Waals surface area (Å²) >= 11 is 1.75. The number of allylic oxidation sites excluding steroid dienone is 3. The standard InChI is InChI=1S/C7H6N2S/c1-3-8-4-2-7-6(1)9-5-10-7/h1-4H,5H2. The van der Waals surface area contributed by atoms with Crippen LogP contribution < -0.4 is 0 Å². The van der Waals surface area contributed by atoms with Crippen LogP contribution >= 0.6 is 11.8 Å². The molecule has 0 aliphatic carbocycles. The smallest absolute Gasteiger partial charge is 0.0898 e. The lowest BCUT2D eigenvalue weighted by molar-refractivity contribution is 1.41. The zero-order chi connectivity index (χ0) is 6.81. The second-order valence-corrected chi connectivity index (χ2v) is 2.95. The maximum Gasteiger partial charge on any atom is 0.0898 e. The summed E-state index contributed by atoms with van der Waals surface area (Å²) < 4.78 is 0. The molecule has 2 heterocycles. The fraction of sp³-hybridized carbons (Fsp3) is 0.143. The van der Waals surface area contributed by atoms with Gasteiger partial charge in [-0.15, -0.1) is 11.8 Å². The maximum absolute atomic E-state index is 4.26. The topological polar surface area (TPSA) is 24.7 Å². The number of rotatable bonds is 0. The summed E-state index contributed by atoms with van der Waals surface area (Å²) in [6, 6.07) is 0. The van der Waals surface area contributed by atoms with Gasteiger partial charge in [-0.3, -0.25) is 9.98 Å².